The highest BCUT2D eigenvalue weighted by molar-refractivity contribution is 5.92. The van der Waals surface area contributed by atoms with Gasteiger partial charge in [0.1, 0.15) is 0 Å². The van der Waals surface area contributed by atoms with Crippen molar-refractivity contribution in [2.75, 3.05) is 32.8 Å². The van der Waals surface area contributed by atoms with Gasteiger partial charge >= 0.3 is 0 Å². The Balaban J connectivity index is 2.06. The van der Waals surface area contributed by atoms with Crippen molar-refractivity contribution in [1.29, 1.82) is 0 Å². The minimum Gasteiger partial charge on any atom is -0.493 e. The molecular formula is C18H22N2O6. The number of ether oxygens (including phenoxy) is 3. The normalized spacial score (nSPS) is 10.3. The summed E-state index contributed by atoms with van der Waals surface area (Å²) in [6, 6.07) is 6.30. The second-order valence-corrected chi connectivity index (χ2v) is 5.42. The number of hydrogen-bond acceptors (Lipinski definition) is 6. The number of methoxy groups -OCH3 is 2. The molecule has 1 aromatic heterocycles. The van der Waals surface area contributed by atoms with E-state index in [1.807, 2.05) is 0 Å². The molecule has 2 aromatic rings. The quantitative estimate of drug-likeness (QED) is 0.732. The minimum atomic E-state index is -0.423. The van der Waals surface area contributed by atoms with Crippen LogP contribution in [-0.2, 0) is 11.3 Å². The van der Waals surface area contributed by atoms with Crippen molar-refractivity contribution in [1.82, 2.24) is 4.57 Å². The molecule has 0 aliphatic rings. The second kappa shape index (κ2) is 8.91. The van der Waals surface area contributed by atoms with Gasteiger partial charge in [0.25, 0.3) is 5.91 Å². The van der Waals surface area contributed by atoms with E-state index in [2.05, 4.69) is 5.32 Å². The van der Waals surface area contributed by atoms with Crippen molar-refractivity contribution < 1.29 is 24.1 Å². The summed E-state index contributed by atoms with van der Waals surface area (Å²) >= 11 is 0. The molecule has 0 unspecified atom stereocenters. The maximum atomic E-state index is 12.1. The van der Waals surface area contributed by atoms with Crippen LogP contribution in [-0.4, -0.2) is 43.0 Å². The van der Waals surface area contributed by atoms with E-state index >= 15 is 0 Å². The first-order chi connectivity index (χ1) is 12.5. The Morgan fingerprint density at radius 1 is 1.19 bits per heavy atom. The van der Waals surface area contributed by atoms with Crippen LogP contribution in [0.2, 0.25) is 0 Å². The third-order valence-corrected chi connectivity index (χ3v) is 3.74. The van der Waals surface area contributed by atoms with Crippen LogP contribution in [0.4, 0.5) is 5.69 Å². The average Bonchev–Trinajstić information content (AvgIpc) is 2.64. The standard InChI is InChI=1S/C18H22N2O6/c1-12-18(14(22)6-7-20(12)8-9-21)26-11-17(23)19-13-4-5-15(24-2)16(10-13)25-3/h4-7,10,21H,8-9,11H2,1-3H3,(H,19,23). The van der Waals surface area contributed by atoms with Crippen LogP contribution in [0.3, 0.4) is 0 Å². The smallest absolute Gasteiger partial charge is 0.262 e. The fourth-order valence-corrected chi connectivity index (χ4v) is 2.43. The van der Waals surface area contributed by atoms with Gasteiger partial charge in [-0.3, -0.25) is 9.59 Å². The third kappa shape index (κ3) is 4.54. The first-order valence-corrected chi connectivity index (χ1v) is 7.95. The van der Waals surface area contributed by atoms with Gasteiger partial charge in [-0.15, -0.1) is 0 Å². The average molecular weight is 362 g/mol. The van der Waals surface area contributed by atoms with Crippen LogP contribution in [0.15, 0.2) is 35.3 Å². The predicted molar refractivity (Wildman–Crippen MR) is 96.2 cm³/mol. The Bertz CT molecular complexity index is 831. The molecule has 1 aromatic carbocycles. The van der Waals surface area contributed by atoms with Gasteiger partial charge in [0.2, 0.25) is 5.43 Å². The van der Waals surface area contributed by atoms with E-state index in [1.54, 1.807) is 35.9 Å². The Morgan fingerprint density at radius 2 is 1.92 bits per heavy atom. The summed E-state index contributed by atoms with van der Waals surface area (Å²) < 4.78 is 17.4. The molecule has 0 aliphatic heterocycles. The Morgan fingerprint density at radius 3 is 2.58 bits per heavy atom. The molecule has 2 rings (SSSR count). The second-order valence-electron chi connectivity index (χ2n) is 5.42. The first kappa shape index (κ1) is 19.3. The lowest BCUT2D eigenvalue weighted by Crippen LogP contribution is -2.24. The van der Waals surface area contributed by atoms with Crippen LogP contribution in [0.5, 0.6) is 17.2 Å². The summed E-state index contributed by atoms with van der Waals surface area (Å²) in [5, 5.41) is 11.7. The number of carbonyl (C=O) groups excluding carboxylic acids is 1. The molecule has 0 fully saturated rings. The molecule has 140 valence electrons. The molecular weight excluding hydrogens is 340 g/mol. The topological polar surface area (TPSA) is 99.0 Å². The monoisotopic (exact) mass is 362 g/mol. The SMILES string of the molecule is COc1ccc(NC(=O)COc2c(C)n(CCO)ccc2=O)cc1OC. The highest BCUT2D eigenvalue weighted by Gasteiger charge is 2.12. The summed E-state index contributed by atoms with van der Waals surface area (Å²) in [6.45, 7) is 1.63. The van der Waals surface area contributed by atoms with Crippen molar-refractivity contribution in [3.8, 4) is 17.2 Å². The van der Waals surface area contributed by atoms with Crippen molar-refractivity contribution >= 4 is 11.6 Å². The number of anilines is 1. The van der Waals surface area contributed by atoms with Gasteiger partial charge in [-0.05, 0) is 19.1 Å². The van der Waals surface area contributed by atoms with Crippen LogP contribution in [0.1, 0.15) is 5.69 Å². The zero-order chi connectivity index (χ0) is 19.1. The maximum absolute atomic E-state index is 12.1. The molecule has 26 heavy (non-hydrogen) atoms. The number of benzene rings is 1. The molecule has 1 heterocycles. The van der Waals surface area contributed by atoms with Gasteiger partial charge in [0.15, 0.2) is 23.9 Å². The number of aliphatic hydroxyl groups is 1. The van der Waals surface area contributed by atoms with E-state index in [1.165, 1.54) is 20.3 Å². The zero-order valence-electron chi connectivity index (χ0n) is 14.9. The molecule has 0 spiro atoms. The maximum Gasteiger partial charge on any atom is 0.262 e. The molecule has 2 N–H and O–H groups in total. The van der Waals surface area contributed by atoms with E-state index in [0.29, 0.717) is 29.4 Å². The van der Waals surface area contributed by atoms with Gasteiger partial charge in [0.05, 0.1) is 26.5 Å². The van der Waals surface area contributed by atoms with Gasteiger partial charge < -0.3 is 29.2 Å². The van der Waals surface area contributed by atoms with Crippen LogP contribution >= 0.6 is 0 Å². The summed E-state index contributed by atoms with van der Waals surface area (Å²) in [6.07, 6.45) is 1.57. The molecule has 8 heteroatoms. The Hall–Kier alpha value is -3.00. The Kier molecular flexibility index (Phi) is 6.62. The minimum absolute atomic E-state index is 0.0665. The molecule has 0 radical (unpaired) electrons. The number of pyridine rings is 1. The Labute approximate surface area is 150 Å². The first-order valence-electron chi connectivity index (χ1n) is 7.95. The number of carbonyl (C=O) groups is 1. The van der Waals surface area contributed by atoms with Crippen molar-refractivity contribution in [3.63, 3.8) is 0 Å². The van der Waals surface area contributed by atoms with Gasteiger partial charge in [0, 0.05) is 30.6 Å². The number of amides is 1. The molecule has 0 saturated carbocycles. The molecule has 0 bridgehead atoms. The largest absolute Gasteiger partial charge is 0.493 e. The van der Waals surface area contributed by atoms with Crippen molar-refractivity contribution in [3.05, 3.63) is 46.4 Å². The lowest BCUT2D eigenvalue weighted by atomic mass is 10.2. The van der Waals surface area contributed by atoms with E-state index in [4.69, 9.17) is 19.3 Å². The highest BCUT2D eigenvalue weighted by Crippen LogP contribution is 2.29. The predicted octanol–water partition coefficient (Wildman–Crippen LogP) is 1.18. The summed E-state index contributed by atoms with van der Waals surface area (Å²) in [4.78, 5) is 24.1. The number of nitrogens with one attached hydrogen (secondary N) is 1. The molecule has 0 atom stereocenters. The van der Waals surface area contributed by atoms with Crippen LogP contribution in [0.25, 0.3) is 0 Å². The summed E-state index contributed by atoms with van der Waals surface area (Å²) in [7, 11) is 3.03. The van der Waals surface area contributed by atoms with E-state index in [9.17, 15) is 9.59 Å². The van der Waals surface area contributed by atoms with Gasteiger partial charge in [-0.2, -0.15) is 0 Å². The van der Waals surface area contributed by atoms with E-state index in [-0.39, 0.29) is 24.4 Å². The molecule has 1 amide bonds. The third-order valence-electron chi connectivity index (χ3n) is 3.74. The van der Waals surface area contributed by atoms with E-state index < -0.39 is 5.91 Å². The van der Waals surface area contributed by atoms with Crippen molar-refractivity contribution in [2.24, 2.45) is 0 Å². The molecule has 0 saturated heterocycles. The molecule has 0 aliphatic carbocycles. The number of hydrogen-bond donors (Lipinski definition) is 2. The lowest BCUT2D eigenvalue weighted by Gasteiger charge is -2.14. The lowest BCUT2D eigenvalue weighted by molar-refractivity contribution is -0.118. The van der Waals surface area contributed by atoms with Gasteiger partial charge in [-0.1, -0.05) is 0 Å². The van der Waals surface area contributed by atoms with Crippen molar-refractivity contribution in [2.45, 2.75) is 13.5 Å². The fraction of sp³-hybridized carbons (Fsp3) is 0.333. The number of rotatable bonds is 8. The highest BCUT2D eigenvalue weighted by atomic mass is 16.5. The fourth-order valence-electron chi connectivity index (χ4n) is 2.43. The zero-order valence-corrected chi connectivity index (χ0v) is 14.9. The number of nitrogens with zero attached hydrogens (tertiary/aromatic N) is 1. The summed E-state index contributed by atoms with van der Waals surface area (Å²) in [5.74, 6) is 0.695. The van der Waals surface area contributed by atoms with Crippen LogP contribution < -0.4 is 25.0 Å². The van der Waals surface area contributed by atoms with Crippen LogP contribution in [0, 0.1) is 6.92 Å². The summed E-state index contributed by atoms with van der Waals surface area (Å²) in [5.41, 5.74) is 0.736. The molecule has 8 nitrogen and oxygen atoms in total. The van der Waals surface area contributed by atoms with E-state index in [0.717, 1.165) is 0 Å². The van der Waals surface area contributed by atoms with Gasteiger partial charge in [-0.25, -0.2) is 0 Å². The number of aromatic nitrogens is 1. The number of aliphatic hydroxyl groups excluding tert-OH is 1.